The number of anilines is 2. The standard InChI is InChI=1S/C46H44N2.Pt/c1-29-17-31(3)45(32(4)18-29)39-23-35-21-37(25-39)41-13-9-11-15-43(41)48(8)28-36-22-38(42-14-10-12-16-44(42)47(7)27-35)26-40(24-36)46-33(5)19-30(2)20-34(46)6;/h9-20,23-26H,27-28H2,1-8H3;/q-2;+4. The molecule has 0 spiro atoms. The average Bonchev–Trinajstić information content (AvgIpc) is 3.03. The van der Waals surface area contributed by atoms with Gasteiger partial charge in [0.25, 0.3) is 0 Å². The maximum atomic E-state index is 3.88. The zero-order valence-corrected chi connectivity index (χ0v) is 32.1. The van der Waals surface area contributed by atoms with Crippen molar-refractivity contribution >= 4 is 11.4 Å². The van der Waals surface area contributed by atoms with Crippen LogP contribution in [0.1, 0.15) is 44.5 Å². The Balaban J connectivity index is 0.00000417. The van der Waals surface area contributed by atoms with Crippen LogP contribution >= 0.6 is 0 Å². The second-order valence-electron chi connectivity index (χ2n) is 13.9. The number of rotatable bonds is 2. The van der Waals surface area contributed by atoms with Crippen LogP contribution in [0.2, 0.25) is 0 Å². The molecule has 0 amide bonds. The molecule has 4 bridgehead atoms. The van der Waals surface area contributed by atoms with Crippen LogP contribution < -0.4 is 9.80 Å². The van der Waals surface area contributed by atoms with Crippen LogP contribution in [0.4, 0.5) is 11.4 Å². The summed E-state index contributed by atoms with van der Waals surface area (Å²) in [4.78, 5) is 4.74. The number of benzene rings is 6. The molecule has 0 saturated carbocycles. The zero-order valence-electron chi connectivity index (χ0n) is 29.9. The summed E-state index contributed by atoms with van der Waals surface area (Å²) in [6.07, 6.45) is 0. The first kappa shape index (κ1) is 34.5. The molecular formula is C46H44N2Pt+2. The van der Waals surface area contributed by atoms with Crippen LogP contribution in [0.15, 0.2) is 97.1 Å². The number of fused-ring (bicyclic) bond motifs is 8. The van der Waals surface area contributed by atoms with Crippen molar-refractivity contribution in [1.82, 2.24) is 0 Å². The minimum absolute atomic E-state index is 0. The molecule has 49 heavy (non-hydrogen) atoms. The molecule has 3 heteroatoms. The summed E-state index contributed by atoms with van der Waals surface area (Å²) in [5.74, 6) is 0. The molecule has 0 N–H and O–H groups in total. The van der Waals surface area contributed by atoms with E-state index in [0.29, 0.717) is 0 Å². The third-order valence-electron chi connectivity index (χ3n) is 9.81. The van der Waals surface area contributed by atoms with E-state index in [1.165, 1.54) is 78.1 Å². The van der Waals surface area contributed by atoms with Crippen LogP contribution in [-0.2, 0) is 34.2 Å². The van der Waals surface area contributed by atoms with Gasteiger partial charge in [0.1, 0.15) is 0 Å². The van der Waals surface area contributed by atoms with E-state index < -0.39 is 0 Å². The van der Waals surface area contributed by atoms with Gasteiger partial charge in [0.15, 0.2) is 0 Å². The molecule has 0 fully saturated rings. The van der Waals surface area contributed by atoms with Gasteiger partial charge < -0.3 is 9.80 Å². The molecule has 6 aromatic rings. The molecular weight excluding hydrogens is 776 g/mol. The number of aryl methyl sites for hydroxylation is 6. The first-order valence-corrected chi connectivity index (χ1v) is 17.0. The van der Waals surface area contributed by atoms with Crippen molar-refractivity contribution in [3.63, 3.8) is 0 Å². The Morgan fingerprint density at radius 1 is 0.469 bits per heavy atom. The molecule has 246 valence electrons. The first-order chi connectivity index (χ1) is 23.0. The van der Waals surface area contributed by atoms with Gasteiger partial charge in [-0.15, -0.1) is 58.7 Å². The second-order valence-corrected chi connectivity index (χ2v) is 13.9. The van der Waals surface area contributed by atoms with Gasteiger partial charge in [0, 0.05) is 38.6 Å². The van der Waals surface area contributed by atoms with E-state index in [0.717, 1.165) is 35.3 Å². The summed E-state index contributed by atoms with van der Waals surface area (Å²) in [6.45, 7) is 14.8. The summed E-state index contributed by atoms with van der Waals surface area (Å²) in [5, 5.41) is 0. The van der Waals surface area contributed by atoms with Gasteiger partial charge in [-0.1, -0.05) is 94.0 Å². The van der Waals surface area contributed by atoms with Crippen molar-refractivity contribution in [2.75, 3.05) is 23.9 Å². The Morgan fingerprint density at radius 2 is 0.816 bits per heavy atom. The van der Waals surface area contributed by atoms with Crippen molar-refractivity contribution in [2.45, 2.75) is 54.6 Å². The van der Waals surface area contributed by atoms with Gasteiger partial charge in [-0.2, -0.15) is 0 Å². The van der Waals surface area contributed by atoms with Crippen LogP contribution in [0.25, 0.3) is 44.5 Å². The van der Waals surface area contributed by atoms with Crippen molar-refractivity contribution in [1.29, 1.82) is 0 Å². The summed E-state index contributed by atoms with van der Waals surface area (Å²) < 4.78 is 0. The van der Waals surface area contributed by atoms with Crippen LogP contribution in [0.3, 0.4) is 0 Å². The molecule has 0 unspecified atom stereocenters. The fraction of sp³-hybridized carbons (Fsp3) is 0.217. The molecule has 0 radical (unpaired) electrons. The van der Waals surface area contributed by atoms with E-state index >= 15 is 0 Å². The molecule has 6 aromatic carbocycles. The summed E-state index contributed by atoms with van der Waals surface area (Å²) >= 11 is 0. The Kier molecular flexibility index (Phi) is 9.74. The minimum Gasteiger partial charge on any atom is -0.379 e. The van der Waals surface area contributed by atoms with E-state index in [9.17, 15) is 0 Å². The SMILES string of the molecule is Cc1cc(C)c(-c2cc3[c-]c(c2)-c2ccccc2N(C)Cc2[c-]c(cc(-c4c(C)cc(C)cc4C)c2)-c2ccccc2N(C)C3)c(C)c1.[Pt+4]. The summed E-state index contributed by atoms with van der Waals surface area (Å²) in [6, 6.07) is 43.9. The Morgan fingerprint density at radius 3 is 1.18 bits per heavy atom. The monoisotopic (exact) mass is 819 g/mol. The number of hydrogen-bond donors (Lipinski definition) is 0. The van der Waals surface area contributed by atoms with Crippen LogP contribution in [0.5, 0.6) is 0 Å². The molecule has 1 aliphatic heterocycles. The van der Waals surface area contributed by atoms with Crippen molar-refractivity contribution < 1.29 is 21.1 Å². The molecule has 2 nitrogen and oxygen atoms in total. The number of hydrogen-bond acceptors (Lipinski definition) is 2. The third-order valence-corrected chi connectivity index (χ3v) is 9.81. The van der Waals surface area contributed by atoms with Gasteiger partial charge in [-0.3, -0.25) is 0 Å². The summed E-state index contributed by atoms with van der Waals surface area (Å²) in [5.41, 5.74) is 22.2. The largest absolute Gasteiger partial charge is 4.00 e. The van der Waals surface area contributed by atoms with Crippen LogP contribution in [-0.4, -0.2) is 14.1 Å². The van der Waals surface area contributed by atoms with E-state index in [-0.39, 0.29) is 21.1 Å². The van der Waals surface area contributed by atoms with E-state index in [4.69, 9.17) is 0 Å². The molecule has 7 rings (SSSR count). The van der Waals surface area contributed by atoms with Gasteiger partial charge in [0.2, 0.25) is 0 Å². The quantitative estimate of drug-likeness (QED) is 0.161. The topological polar surface area (TPSA) is 6.48 Å². The van der Waals surface area contributed by atoms with Gasteiger partial charge in [0.05, 0.1) is 0 Å². The number of nitrogens with zero attached hydrogens (tertiary/aromatic N) is 2. The fourth-order valence-electron chi connectivity index (χ4n) is 8.03. The minimum atomic E-state index is 0. The molecule has 0 saturated heterocycles. The Labute approximate surface area is 307 Å². The van der Waals surface area contributed by atoms with Crippen molar-refractivity contribution in [2.24, 2.45) is 0 Å². The van der Waals surface area contributed by atoms with Crippen molar-refractivity contribution in [3.05, 3.63) is 154 Å². The maximum Gasteiger partial charge on any atom is 4.00 e. The van der Waals surface area contributed by atoms with E-state index in [1.54, 1.807) is 0 Å². The molecule has 1 aliphatic rings. The number of para-hydroxylation sites is 2. The second kappa shape index (κ2) is 13.8. The van der Waals surface area contributed by atoms with Gasteiger partial charge >= 0.3 is 21.1 Å². The Bertz CT molecular complexity index is 1990. The predicted molar refractivity (Wildman–Crippen MR) is 205 cm³/mol. The molecule has 0 atom stereocenters. The van der Waals surface area contributed by atoms with Gasteiger partial charge in [-0.05, 0) is 87.1 Å². The third kappa shape index (κ3) is 6.77. The Hall–Kier alpha value is -4.39. The smallest absolute Gasteiger partial charge is 0.379 e. The van der Waals surface area contributed by atoms with Gasteiger partial charge in [-0.25, -0.2) is 0 Å². The zero-order chi connectivity index (χ0) is 33.7. The van der Waals surface area contributed by atoms with Crippen LogP contribution in [0, 0.1) is 53.7 Å². The van der Waals surface area contributed by atoms with E-state index in [2.05, 4.69) is 175 Å². The predicted octanol–water partition coefficient (Wildman–Crippen LogP) is 11.4. The average molecular weight is 820 g/mol. The normalized spacial score (nSPS) is 12.5. The van der Waals surface area contributed by atoms with E-state index in [1.807, 2.05) is 0 Å². The fourth-order valence-corrected chi connectivity index (χ4v) is 8.03. The molecule has 1 heterocycles. The van der Waals surface area contributed by atoms with Crippen molar-refractivity contribution in [3.8, 4) is 44.5 Å². The summed E-state index contributed by atoms with van der Waals surface area (Å²) in [7, 11) is 4.40. The molecule has 0 aliphatic carbocycles. The first-order valence-electron chi connectivity index (χ1n) is 17.0. The molecule has 0 aromatic heterocycles. The maximum absolute atomic E-state index is 3.88.